The fraction of sp³-hybridized carbons (Fsp3) is 0.364. The molecule has 0 heterocycles. The molecule has 5 heteroatoms. The molecule has 0 saturated heterocycles. The second kappa shape index (κ2) is 5.85. The van der Waals surface area contributed by atoms with Gasteiger partial charge < -0.3 is 10.6 Å². The maximum Gasteiger partial charge on any atom is 0.245 e. The zero-order valence-electron chi connectivity index (χ0n) is 9.45. The van der Waals surface area contributed by atoms with Gasteiger partial charge in [0.25, 0.3) is 0 Å². The lowest BCUT2D eigenvalue weighted by Gasteiger charge is -2.33. The number of rotatable bonds is 6. The SMILES string of the molecule is C=CC(=O)NC(C=O)(NC(=O)C=C)C(C)C. The van der Waals surface area contributed by atoms with Crippen molar-refractivity contribution >= 4 is 18.1 Å². The molecule has 88 valence electrons. The molecule has 2 amide bonds. The zero-order chi connectivity index (χ0) is 12.8. The Morgan fingerprint density at radius 1 is 1.12 bits per heavy atom. The van der Waals surface area contributed by atoms with Crippen LogP contribution in [0.5, 0.6) is 0 Å². The Labute approximate surface area is 94.6 Å². The highest BCUT2D eigenvalue weighted by atomic mass is 16.2. The van der Waals surface area contributed by atoms with Crippen molar-refractivity contribution < 1.29 is 14.4 Å². The molecular formula is C11H16N2O3. The summed E-state index contributed by atoms with van der Waals surface area (Å²) in [7, 11) is 0. The average Bonchev–Trinajstić information content (AvgIpc) is 2.27. The quantitative estimate of drug-likeness (QED) is 0.383. The standard InChI is InChI=1S/C11H16N2O3/c1-5-9(15)12-11(7-14,8(3)4)13-10(16)6-2/h5-8H,1-2H2,3-4H3,(H,12,15)(H,13,16). The third kappa shape index (κ3) is 3.34. The van der Waals surface area contributed by atoms with Crippen LogP contribution in [-0.4, -0.2) is 23.8 Å². The maximum atomic E-state index is 11.2. The predicted molar refractivity (Wildman–Crippen MR) is 60.3 cm³/mol. The van der Waals surface area contributed by atoms with E-state index in [1.807, 2.05) is 0 Å². The number of amides is 2. The first-order chi connectivity index (χ1) is 7.41. The summed E-state index contributed by atoms with van der Waals surface area (Å²) < 4.78 is 0. The van der Waals surface area contributed by atoms with Gasteiger partial charge in [0, 0.05) is 5.92 Å². The minimum absolute atomic E-state index is 0.308. The van der Waals surface area contributed by atoms with Crippen molar-refractivity contribution in [3.05, 3.63) is 25.3 Å². The molecule has 16 heavy (non-hydrogen) atoms. The van der Waals surface area contributed by atoms with Crippen molar-refractivity contribution in [3.63, 3.8) is 0 Å². The summed E-state index contributed by atoms with van der Waals surface area (Å²) in [6, 6.07) is 0. The minimum Gasteiger partial charge on any atom is -0.324 e. The van der Waals surface area contributed by atoms with Crippen LogP contribution in [0.25, 0.3) is 0 Å². The Bertz CT molecular complexity index is 299. The molecule has 0 aromatic heterocycles. The molecule has 0 fully saturated rings. The number of carbonyl (C=O) groups excluding carboxylic acids is 3. The van der Waals surface area contributed by atoms with E-state index in [0.717, 1.165) is 12.2 Å². The van der Waals surface area contributed by atoms with Crippen LogP contribution in [0, 0.1) is 5.92 Å². The lowest BCUT2D eigenvalue weighted by molar-refractivity contribution is -0.130. The van der Waals surface area contributed by atoms with Crippen LogP contribution < -0.4 is 10.6 Å². The summed E-state index contributed by atoms with van der Waals surface area (Å²) in [4.78, 5) is 33.5. The van der Waals surface area contributed by atoms with Gasteiger partial charge in [-0.05, 0) is 12.2 Å². The van der Waals surface area contributed by atoms with Gasteiger partial charge in [-0.3, -0.25) is 14.4 Å². The largest absolute Gasteiger partial charge is 0.324 e. The summed E-state index contributed by atoms with van der Waals surface area (Å²) in [5.41, 5.74) is -1.43. The Morgan fingerprint density at radius 3 is 1.69 bits per heavy atom. The lowest BCUT2D eigenvalue weighted by atomic mass is 9.97. The summed E-state index contributed by atoms with van der Waals surface area (Å²) in [5, 5.41) is 4.78. The zero-order valence-corrected chi connectivity index (χ0v) is 9.45. The Kier molecular flexibility index (Phi) is 5.15. The van der Waals surface area contributed by atoms with Crippen LogP contribution in [0.3, 0.4) is 0 Å². The van der Waals surface area contributed by atoms with Crippen LogP contribution in [0.2, 0.25) is 0 Å². The van der Waals surface area contributed by atoms with Gasteiger partial charge in [-0.1, -0.05) is 27.0 Å². The molecule has 0 rings (SSSR count). The molecule has 0 radical (unpaired) electrons. The van der Waals surface area contributed by atoms with Gasteiger partial charge in [-0.25, -0.2) is 0 Å². The van der Waals surface area contributed by atoms with E-state index in [0.29, 0.717) is 6.29 Å². The summed E-state index contributed by atoms with van der Waals surface area (Å²) in [6.07, 6.45) is 2.54. The van der Waals surface area contributed by atoms with E-state index in [4.69, 9.17) is 0 Å². The predicted octanol–water partition coefficient (Wildman–Crippen LogP) is 0.142. The second-order valence-corrected chi connectivity index (χ2v) is 3.53. The van der Waals surface area contributed by atoms with Crippen molar-refractivity contribution in [2.45, 2.75) is 19.5 Å². The summed E-state index contributed by atoms with van der Waals surface area (Å²) in [5.74, 6) is -1.38. The molecule has 0 aliphatic carbocycles. The molecule has 0 aromatic carbocycles. The summed E-state index contributed by atoms with van der Waals surface area (Å²) >= 11 is 0. The van der Waals surface area contributed by atoms with E-state index >= 15 is 0 Å². The van der Waals surface area contributed by atoms with Gasteiger partial charge in [0.1, 0.15) is 0 Å². The van der Waals surface area contributed by atoms with E-state index in [1.165, 1.54) is 0 Å². The maximum absolute atomic E-state index is 11.2. The van der Waals surface area contributed by atoms with E-state index in [2.05, 4.69) is 23.8 Å². The van der Waals surface area contributed by atoms with E-state index in [1.54, 1.807) is 13.8 Å². The van der Waals surface area contributed by atoms with Crippen LogP contribution >= 0.6 is 0 Å². The molecular weight excluding hydrogens is 208 g/mol. The highest BCUT2D eigenvalue weighted by Gasteiger charge is 2.35. The molecule has 0 unspecified atom stereocenters. The first-order valence-electron chi connectivity index (χ1n) is 4.77. The molecule has 0 aliphatic rings. The number of nitrogens with one attached hydrogen (secondary N) is 2. The minimum atomic E-state index is -1.43. The van der Waals surface area contributed by atoms with Crippen molar-refractivity contribution in [2.75, 3.05) is 0 Å². The van der Waals surface area contributed by atoms with E-state index < -0.39 is 17.5 Å². The Hall–Kier alpha value is -1.91. The highest BCUT2D eigenvalue weighted by molar-refractivity contribution is 5.94. The first-order valence-corrected chi connectivity index (χ1v) is 4.77. The fourth-order valence-corrected chi connectivity index (χ4v) is 1.02. The number of hydrogen-bond acceptors (Lipinski definition) is 3. The van der Waals surface area contributed by atoms with Crippen LogP contribution in [0.4, 0.5) is 0 Å². The molecule has 0 bridgehead atoms. The van der Waals surface area contributed by atoms with Gasteiger partial charge in [0.15, 0.2) is 11.9 Å². The van der Waals surface area contributed by atoms with Gasteiger partial charge in [-0.15, -0.1) is 0 Å². The smallest absolute Gasteiger partial charge is 0.245 e. The third-order valence-corrected chi connectivity index (χ3v) is 2.13. The van der Waals surface area contributed by atoms with Crippen LogP contribution in [0.1, 0.15) is 13.8 Å². The number of carbonyl (C=O) groups is 3. The number of hydrogen-bond donors (Lipinski definition) is 2. The average molecular weight is 224 g/mol. The van der Waals surface area contributed by atoms with Crippen molar-refractivity contribution in [1.82, 2.24) is 10.6 Å². The number of aldehydes is 1. The van der Waals surface area contributed by atoms with Gasteiger partial charge >= 0.3 is 0 Å². The van der Waals surface area contributed by atoms with Crippen molar-refractivity contribution in [3.8, 4) is 0 Å². The molecule has 0 atom stereocenters. The first kappa shape index (κ1) is 14.1. The van der Waals surface area contributed by atoms with E-state index in [9.17, 15) is 14.4 Å². The van der Waals surface area contributed by atoms with Gasteiger partial charge in [0.05, 0.1) is 0 Å². The molecule has 2 N–H and O–H groups in total. The van der Waals surface area contributed by atoms with Crippen molar-refractivity contribution in [1.29, 1.82) is 0 Å². The molecule has 0 aromatic rings. The third-order valence-electron chi connectivity index (χ3n) is 2.13. The second-order valence-electron chi connectivity index (χ2n) is 3.53. The van der Waals surface area contributed by atoms with Crippen molar-refractivity contribution in [2.24, 2.45) is 5.92 Å². The Balaban J connectivity index is 5.06. The summed E-state index contributed by atoms with van der Waals surface area (Å²) in [6.45, 7) is 9.94. The Morgan fingerprint density at radius 2 is 1.50 bits per heavy atom. The molecule has 0 spiro atoms. The van der Waals surface area contributed by atoms with Crippen LogP contribution in [0.15, 0.2) is 25.3 Å². The highest BCUT2D eigenvalue weighted by Crippen LogP contribution is 2.11. The van der Waals surface area contributed by atoms with Gasteiger partial charge in [-0.2, -0.15) is 0 Å². The van der Waals surface area contributed by atoms with E-state index in [-0.39, 0.29) is 5.92 Å². The molecule has 5 nitrogen and oxygen atoms in total. The van der Waals surface area contributed by atoms with Gasteiger partial charge in [0.2, 0.25) is 11.8 Å². The fourth-order valence-electron chi connectivity index (χ4n) is 1.02. The molecule has 0 saturated carbocycles. The topological polar surface area (TPSA) is 75.3 Å². The molecule has 0 aliphatic heterocycles. The lowest BCUT2D eigenvalue weighted by Crippen LogP contribution is -2.64. The normalized spacial score (nSPS) is 10.4. The monoisotopic (exact) mass is 224 g/mol. The van der Waals surface area contributed by atoms with Crippen LogP contribution in [-0.2, 0) is 14.4 Å².